The van der Waals surface area contributed by atoms with E-state index in [2.05, 4.69) is 40.2 Å². The second-order valence-electron chi connectivity index (χ2n) is 4.11. The number of rotatable bonds is 2. The van der Waals surface area contributed by atoms with E-state index < -0.39 is 0 Å². The Labute approximate surface area is 98.3 Å². The fourth-order valence-corrected chi connectivity index (χ4v) is 2.71. The Morgan fingerprint density at radius 3 is 2.67 bits per heavy atom. The van der Waals surface area contributed by atoms with Crippen molar-refractivity contribution >= 4 is 15.9 Å². The first-order valence-corrected chi connectivity index (χ1v) is 6.12. The Hall–Kier alpha value is -0.630. The minimum absolute atomic E-state index is 0.0410. The van der Waals surface area contributed by atoms with E-state index in [9.17, 15) is 4.39 Å². The van der Waals surface area contributed by atoms with E-state index in [0.29, 0.717) is 12.3 Å². The van der Waals surface area contributed by atoms with Crippen molar-refractivity contribution in [2.75, 3.05) is 0 Å². The molecule has 0 fully saturated rings. The van der Waals surface area contributed by atoms with Crippen LogP contribution in [0.1, 0.15) is 24.8 Å². The van der Waals surface area contributed by atoms with Crippen molar-refractivity contribution in [1.29, 1.82) is 0 Å². The Morgan fingerprint density at radius 2 is 2.00 bits per heavy atom. The van der Waals surface area contributed by atoms with E-state index >= 15 is 0 Å². The number of hydrogen-bond acceptors (Lipinski definition) is 0. The van der Waals surface area contributed by atoms with Gasteiger partial charge in [0, 0.05) is 10.9 Å². The molecular formula is C13H14BrF. The molecule has 0 bridgehead atoms. The molecule has 0 heterocycles. The summed E-state index contributed by atoms with van der Waals surface area (Å²) in [7, 11) is 0. The summed E-state index contributed by atoms with van der Waals surface area (Å²) in [5, 5.41) is 0. The van der Waals surface area contributed by atoms with Crippen molar-refractivity contribution in [1.82, 2.24) is 0 Å². The Morgan fingerprint density at radius 1 is 1.27 bits per heavy atom. The smallest absolute Gasteiger partial charge is 0.110 e. The topological polar surface area (TPSA) is 0 Å². The molecule has 0 aromatic heterocycles. The Kier molecular flexibility index (Phi) is 3.57. The largest absolute Gasteiger partial charge is 0.211 e. The van der Waals surface area contributed by atoms with Crippen LogP contribution in [0.5, 0.6) is 0 Å². The highest BCUT2D eigenvalue weighted by Crippen LogP contribution is 2.35. The molecule has 1 aromatic rings. The molecule has 0 amide bonds. The maximum Gasteiger partial charge on any atom is 0.110 e. The number of allylic oxidation sites excluding steroid dienone is 2. The van der Waals surface area contributed by atoms with Gasteiger partial charge < -0.3 is 0 Å². The first-order valence-electron chi connectivity index (χ1n) is 5.32. The van der Waals surface area contributed by atoms with E-state index in [0.717, 1.165) is 23.7 Å². The van der Waals surface area contributed by atoms with Gasteiger partial charge in [0.05, 0.1) is 0 Å². The zero-order valence-corrected chi connectivity index (χ0v) is 10.1. The lowest BCUT2D eigenvalue weighted by Crippen LogP contribution is -2.09. The second-order valence-corrected chi connectivity index (χ2v) is 5.07. The van der Waals surface area contributed by atoms with Crippen LogP contribution >= 0.6 is 15.9 Å². The van der Waals surface area contributed by atoms with Crippen LogP contribution in [0.25, 0.3) is 0 Å². The van der Waals surface area contributed by atoms with E-state index in [-0.39, 0.29) is 5.83 Å². The molecule has 1 atom stereocenters. The van der Waals surface area contributed by atoms with Crippen LogP contribution in [0, 0.1) is 5.92 Å². The van der Waals surface area contributed by atoms with Crippen LogP contribution in [0.3, 0.4) is 0 Å². The van der Waals surface area contributed by atoms with E-state index in [1.807, 2.05) is 6.07 Å². The van der Waals surface area contributed by atoms with E-state index in [1.165, 1.54) is 5.56 Å². The van der Waals surface area contributed by atoms with Gasteiger partial charge in [-0.25, -0.2) is 4.39 Å². The van der Waals surface area contributed by atoms with Gasteiger partial charge in [-0.3, -0.25) is 0 Å². The molecular weight excluding hydrogens is 255 g/mol. The van der Waals surface area contributed by atoms with Crippen molar-refractivity contribution < 1.29 is 4.39 Å². The first kappa shape index (κ1) is 10.9. The lowest BCUT2D eigenvalue weighted by molar-refractivity contribution is 0.418. The van der Waals surface area contributed by atoms with Gasteiger partial charge in [0.15, 0.2) is 0 Å². The average Bonchev–Trinajstić information content (AvgIpc) is 2.25. The van der Waals surface area contributed by atoms with Crippen LogP contribution in [-0.4, -0.2) is 0 Å². The molecule has 1 aliphatic carbocycles. The third-order valence-electron chi connectivity index (χ3n) is 2.90. The highest BCUT2D eigenvalue weighted by Gasteiger charge is 2.19. The molecule has 1 aromatic carbocycles. The Bertz CT molecular complexity index is 356. The highest BCUT2D eigenvalue weighted by atomic mass is 79.9. The van der Waals surface area contributed by atoms with Gasteiger partial charge in [-0.15, -0.1) is 0 Å². The van der Waals surface area contributed by atoms with Crippen LogP contribution in [-0.2, 0) is 6.42 Å². The molecule has 0 N–H and O–H groups in total. The Balaban J connectivity index is 1.98. The van der Waals surface area contributed by atoms with Crippen molar-refractivity contribution in [2.45, 2.75) is 25.7 Å². The quantitative estimate of drug-likeness (QED) is 0.735. The minimum Gasteiger partial charge on any atom is -0.211 e. The number of benzene rings is 1. The summed E-state index contributed by atoms with van der Waals surface area (Å²) in [4.78, 5) is 0. The van der Waals surface area contributed by atoms with Crippen molar-refractivity contribution in [3.63, 3.8) is 0 Å². The second kappa shape index (κ2) is 4.93. The van der Waals surface area contributed by atoms with Gasteiger partial charge in [0.25, 0.3) is 0 Å². The summed E-state index contributed by atoms with van der Waals surface area (Å²) in [5.41, 5.74) is 1.35. The monoisotopic (exact) mass is 268 g/mol. The summed E-state index contributed by atoms with van der Waals surface area (Å²) < 4.78 is 13.9. The number of halogens is 2. The summed E-state index contributed by atoms with van der Waals surface area (Å²) in [6, 6.07) is 10.4. The predicted octanol–water partition coefficient (Wildman–Crippen LogP) is 4.61. The first-order chi connectivity index (χ1) is 7.25. The standard InChI is InChI=1S/C13H14BrF/c14-12-9-11(6-7-13(12)15)8-10-4-2-1-3-5-10/h1-5,11H,6-9H2. The summed E-state index contributed by atoms with van der Waals surface area (Å²) in [6.07, 6.45) is 3.47. The van der Waals surface area contributed by atoms with Crippen molar-refractivity contribution in [3.05, 3.63) is 46.2 Å². The van der Waals surface area contributed by atoms with Gasteiger partial charge in [-0.1, -0.05) is 46.3 Å². The fraction of sp³-hybridized carbons (Fsp3) is 0.385. The van der Waals surface area contributed by atoms with Gasteiger partial charge in [0.1, 0.15) is 5.83 Å². The van der Waals surface area contributed by atoms with Crippen LogP contribution in [0.4, 0.5) is 4.39 Å². The molecule has 0 nitrogen and oxygen atoms in total. The molecule has 15 heavy (non-hydrogen) atoms. The average molecular weight is 269 g/mol. The van der Waals surface area contributed by atoms with E-state index in [1.54, 1.807) is 0 Å². The lowest BCUT2D eigenvalue weighted by atomic mass is 9.88. The van der Waals surface area contributed by atoms with Gasteiger partial charge in [-0.2, -0.15) is 0 Å². The summed E-state index contributed by atoms with van der Waals surface area (Å²) in [5.74, 6) is 0.626. The summed E-state index contributed by atoms with van der Waals surface area (Å²) >= 11 is 3.31. The molecule has 1 aliphatic rings. The maximum atomic E-state index is 13.1. The maximum absolute atomic E-state index is 13.1. The molecule has 2 rings (SSSR count). The molecule has 0 saturated carbocycles. The van der Waals surface area contributed by atoms with Gasteiger partial charge >= 0.3 is 0 Å². The molecule has 2 heteroatoms. The lowest BCUT2D eigenvalue weighted by Gasteiger charge is -2.21. The molecule has 0 aliphatic heterocycles. The minimum atomic E-state index is 0.0410. The summed E-state index contributed by atoms with van der Waals surface area (Å²) in [6.45, 7) is 0. The predicted molar refractivity (Wildman–Crippen MR) is 64.5 cm³/mol. The third-order valence-corrected chi connectivity index (χ3v) is 3.66. The zero-order valence-electron chi connectivity index (χ0n) is 8.55. The normalized spacial score (nSPS) is 21.9. The SMILES string of the molecule is FC1=C(Br)CC(Cc2ccccc2)CC1. The zero-order chi connectivity index (χ0) is 10.7. The van der Waals surface area contributed by atoms with Crippen LogP contribution < -0.4 is 0 Å². The van der Waals surface area contributed by atoms with Gasteiger partial charge in [-0.05, 0) is 30.7 Å². The van der Waals surface area contributed by atoms with E-state index in [4.69, 9.17) is 0 Å². The van der Waals surface area contributed by atoms with Crippen molar-refractivity contribution in [3.8, 4) is 0 Å². The molecule has 80 valence electrons. The molecule has 0 saturated heterocycles. The van der Waals surface area contributed by atoms with Crippen LogP contribution in [0.15, 0.2) is 40.6 Å². The van der Waals surface area contributed by atoms with Crippen LogP contribution in [0.2, 0.25) is 0 Å². The van der Waals surface area contributed by atoms with Crippen molar-refractivity contribution in [2.24, 2.45) is 5.92 Å². The molecule has 0 spiro atoms. The molecule has 1 unspecified atom stereocenters. The van der Waals surface area contributed by atoms with Gasteiger partial charge in [0.2, 0.25) is 0 Å². The fourth-order valence-electron chi connectivity index (χ4n) is 2.05. The third kappa shape index (κ3) is 2.91. The highest BCUT2D eigenvalue weighted by molar-refractivity contribution is 9.11. The number of hydrogen-bond donors (Lipinski definition) is 0. The molecule has 0 radical (unpaired) electrons.